The van der Waals surface area contributed by atoms with Crippen LogP contribution in [-0.2, 0) is 76.7 Å². The van der Waals surface area contributed by atoms with Crippen LogP contribution in [0.5, 0.6) is 34.9 Å². The van der Waals surface area contributed by atoms with Crippen LogP contribution in [-0.4, -0.2) is 133 Å². The molecular weight excluding hydrogens is 1410 g/mol. The lowest BCUT2D eigenvalue weighted by Gasteiger charge is -2.19. The predicted molar refractivity (Wildman–Crippen MR) is 383 cm³/mol. The molecule has 8 aromatic rings. The zero-order valence-corrected chi connectivity index (χ0v) is 61.5. The van der Waals surface area contributed by atoms with E-state index in [2.05, 4.69) is 59.4 Å². The molecule has 11 rings (SSSR count). The molecular formula is C74H80ClFN8O18S2. The van der Waals surface area contributed by atoms with Crippen LogP contribution in [0.1, 0.15) is 125 Å². The van der Waals surface area contributed by atoms with E-state index in [0.717, 1.165) is 54.7 Å². The second kappa shape index (κ2) is 34.5. The number of terminal acetylenes is 1. The van der Waals surface area contributed by atoms with Gasteiger partial charge in [0.2, 0.25) is 11.8 Å². The molecule has 3 aliphatic rings. The van der Waals surface area contributed by atoms with Gasteiger partial charge in [0.15, 0.2) is 34.1 Å². The van der Waals surface area contributed by atoms with E-state index in [-0.39, 0.29) is 79.1 Å². The number of aryl methyl sites for hydroxylation is 4. The van der Waals surface area contributed by atoms with Gasteiger partial charge in [-0.1, -0.05) is 66.4 Å². The number of carbonyl (C=O) groups is 5. The molecule has 1 aliphatic carbocycles. The minimum absolute atomic E-state index is 0.0493. The van der Waals surface area contributed by atoms with Gasteiger partial charge in [-0.25, -0.2) is 49.8 Å². The summed E-state index contributed by atoms with van der Waals surface area (Å²) in [4.78, 5) is 83.6. The highest BCUT2D eigenvalue weighted by Crippen LogP contribution is 2.37. The number of nitrogens with one attached hydrogen (secondary N) is 2. The number of rotatable bonds is 20. The van der Waals surface area contributed by atoms with Gasteiger partial charge in [0, 0.05) is 48.7 Å². The number of methoxy groups -OCH3 is 1. The number of aromatic nitrogens is 5. The number of oxime groups is 1. The summed E-state index contributed by atoms with van der Waals surface area (Å²) in [5.74, 6) is 0.0511. The van der Waals surface area contributed by atoms with Gasteiger partial charge < -0.3 is 43.7 Å². The second-order valence-electron chi connectivity index (χ2n) is 25.0. The fourth-order valence-electron chi connectivity index (χ4n) is 10.6. The smallest absolute Gasteiger partial charge is 0.347 e. The highest BCUT2D eigenvalue weighted by atomic mass is 35.5. The Hall–Kier alpha value is -10.7. The lowest BCUT2D eigenvalue weighted by molar-refractivity contribution is -0.149. The Kier molecular flexibility index (Phi) is 26.2. The number of para-hydroxylation sites is 1. The van der Waals surface area contributed by atoms with Crippen LogP contribution in [0.4, 0.5) is 4.39 Å². The first-order valence-corrected chi connectivity index (χ1v) is 36.6. The van der Waals surface area contributed by atoms with E-state index < -0.39 is 54.9 Å². The summed E-state index contributed by atoms with van der Waals surface area (Å²) in [5.41, 5.74) is 6.14. The van der Waals surface area contributed by atoms with Crippen LogP contribution in [0.2, 0.25) is 5.02 Å². The number of benzene rings is 5. The summed E-state index contributed by atoms with van der Waals surface area (Å²) >= 11 is 5.62. The van der Waals surface area contributed by atoms with Gasteiger partial charge in [-0.15, -0.1) is 6.42 Å². The normalized spacial score (nSPS) is 13.5. The minimum atomic E-state index is -4.07. The molecule has 0 unspecified atom stereocenters. The largest absolute Gasteiger partial charge is 0.496 e. The van der Waals surface area contributed by atoms with Crippen LogP contribution >= 0.6 is 11.6 Å². The van der Waals surface area contributed by atoms with Gasteiger partial charge >= 0.3 is 11.9 Å². The molecule has 0 spiro atoms. The molecule has 0 radical (unpaired) electrons. The van der Waals surface area contributed by atoms with Crippen molar-refractivity contribution in [2.24, 2.45) is 17.6 Å². The fourth-order valence-corrected chi connectivity index (χ4v) is 12.7. The number of ketones is 1. The molecule has 30 heteroatoms. The van der Waals surface area contributed by atoms with Gasteiger partial charge in [0.25, 0.3) is 33.3 Å². The van der Waals surface area contributed by atoms with E-state index in [1.165, 1.54) is 86.2 Å². The van der Waals surface area contributed by atoms with Crippen molar-refractivity contribution < 1.29 is 83.6 Å². The number of ether oxygens (including phenoxy) is 6. The number of halogens is 2. The van der Waals surface area contributed by atoms with Gasteiger partial charge in [-0.2, -0.15) is 5.10 Å². The molecule has 1 saturated carbocycles. The zero-order chi connectivity index (χ0) is 76.0. The average molecular weight is 1490 g/mol. The SMILES string of the molecule is C#CCOC(=O)[C@@H](C)Oc1ccc(Oc2ncc(Cl)cc2F)cc1.CCc1cc(C)cc(CC)c1-c1c(OC(=O)C(C)(C)C)n2n(c1=O)CCOCC2.COc1ccccc1C(=O)NS(=O)(=O)c1ccc(C(=O)NC2CC2)cc1.Cc1c(C(=O)c2cnn(C)c2O)ccc(S(C)(=O)=O)c1C1=NOCC1. The van der Waals surface area contributed by atoms with E-state index >= 15 is 0 Å². The number of sulfonamides is 1. The highest BCUT2D eigenvalue weighted by Gasteiger charge is 2.34. The predicted octanol–water partition coefficient (Wildman–Crippen LogP) is 10.2. The third kappa shape index (κ3) is 19.7. The van der Waals surface area contributed by atoms with Crippen molar-refractivity contribution in [3.63, 3.8) is 0 Å². The number of amides is 2. The average Bonchev–Trinajstić information content (AvgIpc) is 1.56. The maximum Gasteiger partial charge on any atom is 0.347 e. The van der Waals surface area contributed by atoms with Gasteiger partial charge in [0.05, 0.1) is 71.1 Å². The first-order valence-electron chi connectivity index (χ1n) is 32.8. The van der Waals surface area contributed by atoms with Crippen molar-refractivity contribution in [2.45, 2.75) is 123 Å². The van der Waals surface area contributed by atoms with E-state index in [1.54, 1.807) is 58.8 Å². The summed E-state index contributed by atoms with van der Waals surface area (Å²) in [7, 11) is -4.68. The van der Waals surface area contributed by atoms with Crippen molar-refractivity contribution >= 4 is 66.7 Å². The lowest BCUT2D eigenvalue weighted by Crippen LogP contribution is -2.31. The summed E-state index contributed by atoms with van der Waals surface area (Å²) in [6.45, 7) is 17.0. The van der Waals surface area contributed by atoms with Crippen molar-refractivity contribution in [3.05, 3.63) is 187 Å². The lowest BCUT2D eigenvalue weighted by atomic mass is 9.91. The maximum atomic E-state index is 13.6. The molecule has 3 N–H and O–H groups in total. The van der Waals surface area contributed by atoms with E-state index in [4.69, 9.17) is 51.3 Å². The maximum absolute atomic E-state index is 13.6. The summed E-state index contributed by atoms with van der Waals surface area (Å²) in [6.07, 6.45) is 11.8. The topological polar surface area (TPSA) is 333 Å². The Morgan fingerprint density at radius 2 is 1.47 bits per heavy atom. The van der Waals surface area contributed by atoms with Crippen molar-refractivity contribution in [3.8, 4) is 58.4 Å². The number of hydrogen-bond donors (Lipinski definition) is 3. The molecule has 1 atom stereocenters. The molecule has 0 bridgehead atoms. The molecule has 5 aromatic carbocycles. The number of esters is 2. The summed E-state index contributed by atoms with van der Waals surface area (Å²) < 4.78 is 101. The Morgan fingerprint density at radius 1 is 0.827 bits per heavy atom. The van der Waals surface area contributed by atoms with Crippen LogP contribution in [0.15, 0.2) is 135 Å². The molecule has 1 fully saturated rings. The Balaban J connectivity index is 0.000000176. The second-order valence-corrected chi connectivity index (χ2v) is 29.1. The number of fused-ring (bicyclic) bond motifs is 1. The number of pyridine rings is 1. The molecule has 3 aromatic heterocycles. The van der Waals surface area contributed by atoms with Crippen molar-refractivity contribution in [2.75, 3.05) is 39.8 Å². The van der Waals surface area contributed by atoms with E-state index in [0.29, 0.717) is 84.7 Å². The monoisotopic (exact) mass is 1490 g/mol. The molecule has 26 nitrogen and oxygen atoms in total. The van der Waals surface area contributed by atoms with Gasteiger partial charge in [-0.05, 0) is 168 Å². The Bertz CT molecular complexity index is 4880. The minimum Gasteiger partial charge on any atom is -0.496 e. The number of hydrogen-bond acceptors (Lipinski definition) is 21. The number of aromatic hydroxyl groups is 1. The summed E-state index contributed by atoms with van der Waals surface area (Å²) in [6, 6.07) is 26.4. The molecule has 104 heavy (non-hydrogen) atoms. The Labute approximate surface area is 606 Å². The fraction of sp³-hybridized carbons (Fsp3) is 0.338. The first kappa shape index (κ1) is 79.0. The Morgan fingerprint density at radius 3 is 2.04 bits per heavy atom. The number of sulfone groups is 1. The molecule has 550 valence electrons. The quantitative estimate of drug-likeness (QED) is 0.0363. The molecule has 2 aliphatic heterocycles. The number of carbonyl (C=O) groups excluding carboxylic acids is 5. The van der Waals surface area contributed by atoms with Crippen molar-refractivity contribution in [1.29, 1.82) is 0 Å². The van der Waals surface area contributed by atoms with Crippen LogP contribution in [0.25, 0.3) is 11.1 Å². The third-order valence-corrected chi connectivity index (χ3v) is 18.8. The van der Waals surface area contributed by atoms with Crippen LogP contribution in [0.3, 0.4) is 0 Å². The van der Waals surface area contributed by atoms with Gasteiger partial charge in [-0.3, -0.25) is 24.0 Å². The standard InChI is InChI=1S/C23H32N2O4.C18H18N2O5S.C17H13ClFNO4.C16H17N3O5S/c1-7-16-13-15(3)14-17(8-2)18(16)19-20(26)24-9-11-28-12-10-25(24)21(19)29-22(27)23(4,5)6;1-25-16-5-3-2-4-15(16)18(22)20-26(23,24)14-10-6-12(7-11-14)17(21)19-13-8-9-13;1-3-8-22-17(21)11(2)23-13-4-6-14(7-5-13)24-16-15(19)9-12(18)10-20-16;1-9-10(15(20)11-8-17-19(2)16(11)21)4-5-13(25(3,22)23)14(9)12-6-7-24-18-12/h13-14H,7-12H2,1-6H3;2-7,10-11,13H,8-9H2,1H3,(H,19,21)(H,20,22);1,4-7,9-11H,8H2,2H3;4-5,8,21H,6-7H2,1-3H3/t;;11-;/m..1./s1. The number of nitrogens with zero attached hydrogens (tertiary/aromatic N) is 6. The first-order chi connectivity index (χ1) is 49.3. The van der Waals surface area contributed by atoms with E-state index in [1.807, 2.05) is 25.5 Å². The van der Waals surface area contributed by atoms with E-state index in [9.17, 15) is 55.1 Å². The van der Waals surface area contributed by atoms with Crippen LogP contribution in [0, 0.1) is 37.4 Å². The third-order valence-electron chi connectivity index (χ3n) is 16.1. The highest BCUT2D eigenvalue weighted by molar-refractivity contribution is 7.91. The molecule has 0 saturated heterocycles. The molecule has 5 heterocycles. The van der Waals surface area contributed by atoms with Crippen LogP contribution < -0.4 is 34.5 Å². The summed E-state index contributed by atoms with van der Waals surface area (Å²) in [5, 5.41) is 20.7. The zero-order valence-electron chi connectivity index (χ0n) is 59.1. The molecule has 2 amide bonds. The van der Waals surface area contributed by atoms with Gasteiger partial charge in [0.1, 0.15) is 35.0 Å². The van der Waals surface area contributed by atoms with Crippen molar-refractivity contribution in [1.82, 2.24) is 34.2 Å².